The van der Waals surface area contributed by atoms with Crippen LogP contribution in [0.1, 0.15) is 39.5 Å². The lowest BCUT2D eigenvalue weighted by molar-refractivity contribution is 0.204. The van der Waals surface area contributed by atoms with Gasteiger partial charge in [-0.3, -0.25) is 10.3 Å². The van der Waals surface area contributed by atoms with Crippen molar-refractivity contribution in [3.05, 3.63) is 0 Å². The summed E-state index contributed by atoms with van der Waals surface area (Å²) in [6.45, 7) is 5.48. The first-order valence-electron chi connectivity index (χ1n) is 5.23. The van der Waals surface area contributed by atoms with Crippen LogP contribution in [0.5, 0.6) is 0 Å². The molecule has 1 aliphatic rings. The first-order chi connectivity index (χ1) is 6.15. The normalized spacial score (nSPS) is 29.4. The van der Waals surface area contributed by atoms with E-state index in [1.165, 1.54) is 19.3 Å². The van der Waals surface area contributed by atoms with Gasteiger partial charge in [0.2, 0.25) is 0 Å². The van der Waals surface area contributed by atoms with Gasteiger partial charge in [0.1, 0.15) is 0 Å². The third kappa shape index (κ3) is 2.69. The molecule has 2 atom stereocenters. The largest absolute Gasteiger partial charge is 0.388 e. The van der Waals surface area contributed by atoms with Gasteiger partial charge in [-0.2, -0.15) is 0 Å². The summed E-state index contributed by atoms with van der Waals surface area (Å²) in [5, 5.41) is 7.20. The molecule has 0 saturated carbocycles. The topological polar surface area (TPSA) is 53.1 Å². The zero-order valence-electron chi connectivity index (χ0n) is 8.71. The van der Waals surface area contributed by atoms with Gasteiger partial charge in [0.25, 0.3) is 0 Å². The van der Waals surface area contributed by atoms with Crippen molar-refractivity contribution in [3.8, 4) is 0 Å². The minimum Gasteiger partial charge on any atom is -0.388 e. The van der Waals surface area contributed by atoms with Crippen LogP contribution < -0.4 is 5.73 Å². The Morgan fingerprint density at radius 3 is 2.77 bits per heavy atom. The van der Waals surface area contributed by atoms with Gasteiger partial charge in [-0.05, 0) is 26.2 Å². The van der Waals surface area contributed by atoms with E-state index in [2.05, 4.69) is 18.7 Å². The van der Waals surface area contributed by atoms with Crippen LogP contribution in [-0.2, 0) is 0 Å². The first-order valence-corrected chi connectivity index (χ1v) is 5.23. The minimum atomic E-state index is 0.314. The predicted molar refractivity (Wildman–Crippen MR) is 56.0 cm³/mol. The quantitative estimate of drug-likeness (QED) is 0.513. The van der Waals surface area contributed by atoms with Crippen molar-refractivity contribution < 1.29 is 0 Å². The molecule has 0 amide bonds. The van der Waals surface area contributed by atoms with Gasteiger partial charge in [0, 0.05) is 25.0 Å². The molecule has 3 nitrogen and oxygen atoms in total. The van der Waals surface area contributed by atoms with E-state index < -0.39 is 0 Å². The van der Waals surface area contributed by atoms with Crippen LogP contribution in [-0.4, -0.2) is 29.4 Å². The molecule has 0 aliphatic carbocycles. The highest BCUT2D eigenvalue weighted by molar-refractivity contribution is 5.76. The van der Waals surface area contributed by atoms with Crippen molar-refractivity contribution in [1.29, 1.82) is 5.41 Å². The van der Waals surface area contributed by atoms with Crippen molar-refractivity contribution in [2.45, 2.75) is 51.6 Å². The molecule has 1 heterocycles. The Morgan fingerprint density at radius 2 is 2.23 bits per heavy atom. The van der Waals surface area contributed by atoms with E-state index in [0.717, 1.165) is 19.0 Å². The number of nitrogens with one attached hydrogen (secondary N) is 1. The van der Waals surface area contributed by atoms with Crippen molar-refractivity contribution in [1.82, 2.24) is 4.90 Å². The zero-order chi connectivity index (χ0) is 9.84. The van der Waals surface area contributed by atoms with Crippen LogP contribution in [0, 0.1) is 5.41 Å². The van der Waals surface area contributed by atoms with Gasteiger partial charge >= 0.3 is 0 Å². The third-order valence-electron chi connectivity index (χ3n) is 3.06. The Bertz CT molecular complexity index is 179. The van der Waals surface area contributed by atoms with Gasteiger partial charge in [-0.25, -0.2) is 0 Å². The van der Waals surface area contributed by atoms with E-state index >= 15 is 0 Å². The molecule has 13 heavy (non-hydrogen) atoms. The minimum absolute atomic E-state index is 0.314. The molecular formula is C10H21N3. The number of rotatable bonds is 4. The Balaban J connectivity index is 2.40. The van der Waals surface area contributed by atoms with Crippen LogP contribution in [0.25, 0.3) is 0 Å². The first kappa shape index (κ1) is 10.5. The van der Waals surface area contributed by atoms with Gasteiger partial charge in [-0.15, -0.1) is 0 Å². The lowest BCUT2D eigenvalue weighted by Gasteiger charge is -2.27. The third-order valence-corrected chi connectivity index (χ3v) is 3.06. The predicted octanol–water partition coefficient (Wildman–Crippen LogP) is 1.58. The summed E-state index contributed by atoms with van der Waals surface area (Å²) in [5.74, 6) is 0.314. The Morgan fingerprint density at radius 1 is 1.54 bits per heavy atom. The number of nitrogens with two attached hydrogens (primary N) is 1. The number of hydrogen-bond acceptors (Lipinski definition) is 2. The van der Waals surface area contributed by atoms with Crippen LogP contribution in [0.2, 0.25) is 0 Å². The molecule has 0 aromatic carbocycles. The van der Waals surface area contributed by atoms with E-state index in [1.54, 1.807) is 0 Å². The molecule has 0 bridgehead atoms. The van der Waals surface area contributed by atoms with E-state index in [9.17, 15) is 0 Å². The lowest BCUT2D eigenvalue weighted by atomic mass is 10.1. The van der Waals surface area contributed by atoms with Gasteiger partial charge in [0.05, 0.1) is 5.84 Å². The van der Waals surface area contributed by atoms with Crippen molar-refractivity contribution in [2.75, 3.05) is 6.54 Å². The summed E-state index contributed by atoms with van der Waals surface area (Å²) in [5.41, 5.74) is 5.36. The molecule has 2 unspecified atom stereocenters. The summed E-state index contributed by atoms with van der Waals surface area (Å²) in [4.78, 5) is 2.50. The summed E-state index contributed by atoms with van der Waals surface area (Å²) in [6.07, 6.45) is 4.56. The highest BCUT2D eigenvalue weighted by Gasteiger charge is 2.28. The van der Waals surface area contributed by atoms with E-state index in [4.69, 9.17) is 11.1 Å². The second-order valence-electron chi connectivity index (χ2n) is 4.00. The molecule has 0 spiro atoms. The number of hydrogen-bond donors (Lipinski definition) is 2. The average molecular weight is 183 g/mol. The van der Waals surface area contributed by atoms with Gasteiger partial charge in [-0.1, -0.05) is 6.92 Å². The Hall–Kier alpha value is -0.570. The van der Waals surface area contributed by atoms with Crippen molar-refractivity contribution >= 4 is 5.84 Å². The van der Waals surface area contributed by atoms with E-state index in [1.807, 2.05) is 0 Å². The molecule has 0 aromatic heterocycles. The fraction of sp³-hybridized carbons (Fsp3) is 0.900. The molecule has 1 aliphatic heterocycles. The highest BCUT2D eigenvalue weighted by Crippen LogP contribution is 2.25. The fourth-order valence-electron chi connectivity index (χ4n) is 2.22. The molecule has 1 fully saturated rings. The molecule has 1 saturated heterocycles. The van der Waals surface area contributed by atoms with Gasteiger partial charge in [0.15, 0.2) is 0 Å². The Kier molecular flexibility index (Phi) is 3.72. The highest BCUT2D eigenvalue weighted by atomic mass is 15.2. The fourth-order valence-corrected chi connectivity index (χ4v) is 2.22. The van der Waals surface area contributed by atoms with Crippen molar-refractivity contribution in [2.24, 2.45) is 5.73 Å². The molecule has 76 valence electrons. The summed E-state index contributed by atoms with van der Waals surface area (Å²) >= 11 is 0. The monoisotopic (exact) mass is 183 g/mol. The van der Waals surface area contributed by atoms with Crippen LogP contribution in [0.15, 0.2) is 0 Å². The second kappa shape index (κ2) is 4.61. The molecule has 3 N–H and O–H groups in total. The maximum absolute atomic E-state index is 7.20. The molecular weight excluding hydrogens is 162 g/mol. The SMILES string of the molecule is CCC1CCC(C)N1CCC(=N)N. The van der Waals surface area contributed by atoms with E-state index in [0.29, 0.717) is 11.9 Å². The molecule has 3 heteroatoms. The average Bonchev–Trinajstić information content (AvgIpc) is 2.43. The zero-order valence-corrected chi connectivity index (χ0v) is 8.71. The molecule has 1 rings (SSSR count). The van der Waals surface area contributed by atoms with Crippen LogP contribution in [0.4, 0.5) is 0 Å². The number of likely N-dealkylation sites (tertiary alicyclic amines) is 1. The smallest absolute Gasteiger partial charge is 0.0918 e. The van der Waals surface area contributed by atoms with Crippen LogP contribution in [0.3, 0.4) is 0 Å². The molecule has 0 radical (unpaired) electrons. The maximum atomic E-state index is 7.20. The van der Waals surface area contributed by atoms with Crippen LogP contribution >= 0.6 is 0 Å². The maximum Gasteiger partial charge on any atom is 0.0918 e. The lowest BCUT2D eigenvalue weighted by Crippen LogP contribution is -2.36. The van der Waals surface area contributed by atoms with E-state index in [-0.39, 0.29) is 0 Å². The summed E-state index contributed by atoms with van der Waals surface area (Å²) < 4.78 is 0. The van der Waals surface area contributed by atoms with Gasteiger partial charge < -0.3 is 5.73 Å². The standard InChI is InChI=1S/C10H21N3/c1-3-9-5-4-8(2)13(9)7-6-10(11)12/h8-9H,3-7H2,1-2H3,(H3,11,12). The summed E-state index contributed by atoms with van der Waals surface area (Å²) in [7, 11) is 0. The molecule has 0 aromatic rings. The second-order valence-corrected chi connectivity index (χ2v) is 4.00. The Labute approximate surface area is 80.8 Å². The summed E-state index contributed by atoms with van der Waals surface area (Å²) in [6, 6.07) is 1.42. The number of amidine groups is 1. The van der Waals surface area contributed by atoms with Crippen molar-refractivity contribution in [3.63, 3.8) is 0 Å². The number of nitrogens with zero attached hydrogens (tertiary/aromatic N) is 1.